The van der Waals surface area contributed by atoms with E-state index in [0.717, 1.165) is 11.3 Å². The van der Waals surface area contributed by atoms with E-state index in [-0.39, 0.29) is 15.9 Å². The Morgan fingerprint density at radius 1 is 1.50 bits per heavy atom. The van der Waals surface area contributed by atoms with Gasteiger partial charge in [-0.15, -0.1) is 11.3 Å². The van der Waals surface area contributed by atoms with Gasteiger partial charge in [-0.2, -0.15) is 0 Å². The molecule has 1 N–H and O–H groups in total. The summed E-state index contributed by atoms with van der Waals surface area (Å²) in [5, 5.41) is 0. The molecule has 1 aliphatic heterocycles. The van der Waals surface area contributed by atoms with Gasteiger partial charge < -0.3 is 4.74 Å². The number of nitrogens with zero attached hydrogens (tertiary/aromatic N) is 1. The van der Waals surface area contributed by atoms with Gasteiger partial charge in [-0.05, 0) is 12.8 Å². The molecule has 2 heterocycles. The van der Waals surface area contributed by atoms with Crippen LogP contribution in [0.15, 0.2) is 9.72 Å². The highest BCUT2D eigenvalue weighted by atomic mass is 32.2. The summed E-state index contributed by atoms with van der Waals surface area (Å²) in [4.78, 5) is 15.2. The second-order valence-corrected chi connectivity index (χ2v) is 8.68. The number of thiazole rings is 1. The molecule has 1 aromatic heterocycles. The van der Waals surface area contributed by atoms with E-state index in [0.29, 0.717) is 24.3 Å². The Bertz CT molecular complexity index is 615. The van der Waals surface area contributed by atoms with Crippen LogP contribution in [0.4, 0.5) is 0 Å². The summed E-state index contributed by atoms with van der Waals surface area (Å²) in [7, 11) is -3.50. The molecule has 0 aliphatic carbocycles. The summed E-state index contributed by atoms with van der Waals surface area (Å²) in [6.07, 6.45) is 1.05. The van der Waals surface area contributed by atoms with Crippen LogP contribution in [0.3, 0.4) is 0 Å². The van der Waals surface area contributed by atoms with Crippen LogP contribution in [0.5, 0.6) is 0 Å². The van der Waals surface area contributed by atoms with Crippen molar-refractivity contribution in [3.63, 3.8) is 0 Å². The molecule has 0 spiro atoms. The van der Waals surface area contributed by atoms with Gasteiger partial charge in [0.2, 0.25) is 0 Å². The smallest absolute Gasteiger partial charge is 0.358 e. The van der Waals surface area contributed by atoms with E-state index in [1.165, 1.54) is 12.6 Å². The number of hydrogen-bond acceptors (Lipinski definition) is 7. The van der Waals surface area contributed by atoms with E-state index in [1.54, 1.807) is 0 Å². The van der Waals surface area contributed by atoms with Crippen molar-refractivity contribution < 1.29 is 22.2 Å². The van der Waals surface area contributed by atoms with E-state index < -0.39 is 26.8 Å². The molecule has 0 saturated carbocycles. The van der Waals surface area contributed by atoms with Crippen molar-refractivity contribution in [3.05, 3.63) is 11.2 Å². The first-order valence-electron chi connectivity index (χ1n) is 5.83. The Balaban J connectivity index is 2.17. The maximum absolute atomic E-state index is 12.3. The lowest BCUT2D eigenvalue weighted by molar-refractivity contribution is 0.0590. The highest BCUT2D eigenvalue weighted by molar-refractivity contribution is 7.91. The highest BCUT2D eigenvalue weighted by Gasteiger charge is 2.30. The van der Waals surface area contributed by atoms with Gasteiger partial charge in [0, 0.05) is 28.3 Å². The third kappa shape index (κ3) is 3.43. The van der Waals surface area contributed by atoms with Gasteiger partial charge in [0.25, 0.3) is 10.0 Å². The molecule has 0 aromatic carbocycles. The summed E-state index contributed by atoms with van der Waals surface area (Å²) in [5.41, 5.74) is 1.08. The lowest BCUT2D eigenvalue weighted by Gasteiger charge is -2.22. The maximum atomic E-state index is 12.3. The second kappa shape index (κ2) is 6.29. The van der Waals surface area contributed by atoms with Crippen LogP contribution in [0.2, 0.25) is 0 Å². The Hall–Kier alpha value is -0.840. The number of ether oxygens (including phenoxy) is 1. The van der Waals surface area contributed by atoms with Crippen LogP contribution >= 0.6 is 11.3 Å². The molecule has 0 atom stereocenters. The number of carbonyl (C=O) groups excluding carboxylic acids is 1. The van der Waals surface area contributed by atoms with Gasteiger partial charge in [0.1, 0.15) is 0 Å². The third-order valence-electron chi connectivity index (χ3n) is 2.87. The van der Waals surface area contributed by atoms with Crippen LogP contribution < -0.4 is 4.72 Å². The first-order valence-corrected chi connectivity index (χ1v) is 9.68. The van der Waals surface area contributed by atoms with E-state index >= 15 is 0 Å². The lowest BCUT2D eigenvalue weighted by atomic mass is 10.2. The minimum atomic E-state index is -3.81. The third-order valence-corrected chi connectivity index (χ3v) is 7.14. The normalized spacial score (nSPS) is 23.4. The standard InChI is InChI=1S/C10H14N2O5S3/c1-17-9(13)8-10(18-6-11-8)20(15,16)12-7-2-4-19(14)5-3-7/h6-7,12H,2-5H2,1H3. The predicted octanol–water partition coefficient (Wildman–Crippen LogP) is 0.119. The van der Waals surface area contributed by atoms with E-state index in [1.807, 2.05) is 0 Å². The Kier molecular flexibility index (Phi) is 4.89. The van der Waals surface area contributed by atoms with Crippen molar-refractivity contribution in [2.24, 2.45) is 0 Å². The van der Waals surface area contributed by atoms with Crippen molar-refractivity contribution in [2.75, 3.05) is 18.6 Å². The number of rotatable bonds is 4. The summed E-state index contributed by atoms with van der Waals surface area (Å²) in [5.74, 6) is 0.191. The van der Waals surface area contributed by atoms with Crippen LogP contribution in [-0.2, 0) is 25.6 Å². The zero-order valence-corrected chi connectivity index (χ0v) is 13.1. The molecule has 1 saturated heterocycles. The van der Waals surface area contributed by atoms with E-state index in [2.05, 4.69) is 14.4 Å². The Morgan fingerprint density at radius 3 is 2.75 bits per heavy atom. The second-order valence-electron chi connectivity index (χ2n) is 4.22. The molecule has 1 aromatic rings. The summed E-state index contributed by atoms with van der Waals surface area (Å²) >= 11 is 0.867. The summed E-state index contributed by atoms with van der Waals surface area (Å²) in [6.45, 7) is 0. The fraction of sp³-hybridized carbons (Fsp3) is 0.600. The fourth-order valence-electron chi connectivity index (χ4n) is 1.84. The fourth-order valence-corrected chi connectivity index (χ4v) is 5.60. The number of hydrogen-bond donors (Lipinski definition) is 1. The number of methoxy groups -OCH3 is 1. The number of esters is 1. The van der Waals surface area contributed by atoms with Gasteiger partial charge >= 0.3 is 5.97 Å². The monoisotopic (exact) mass is 338 g/mol. The van der Waals surface area contributed by atoms with Gasteiger partial charge in [-0.3, -0.25) is 4.21 Å². The van der Waals surface area contributed by atoms with Crippen molar-refractivity contribution in [2.45, 2.75) is 23.1 Å². The SMILES string of the molecule is COC(=O)c1ncsc1S(=O)(=O)NC1CCS(=O)CC1. The molecule has 0 bridgehead atoms. The molecule has 7 nitrogen and oxygen atoms in total. The molecular formula is C10H14N2O5S3. The number of aromatic nitrogens is 1. The first kappa shape index (κ1) is 15.5. The maximum Gasteiger partial charge on any atom is 0.358 e. The Labute approximate surface area is 123 Å². The molecule has 20 heavy (non-hydrogen) atoms. The topological polar surface area (TPSA) is 102 Å². The largest absolute Gasteiger partial charge is 0.464 e. The van der Waals surface area contributed by atoms with Crippen LogP contribution in [0, 0.1) is 0 Å². The number of carbonyl (C=O) groups is 1. The molecule has 112 valence electrons. The van der Waals surface area contributed by atoms with Gasteiger partial charge in [-0.1, -0.05) is 0 Å². The molecule has 0 unspecified atom stereocenters. The first-order chi connectivity index (χ1) is 9.44. The average molecular weight is 338 g/mol. The van der Waals surface area contributed by atoms with Gasteiger partial charge in [-0.25, -0.2) is 22.9 Å². The molecular weight excluding hydrogens is 324 g/mol. The van der Waals surface area contributed by atoms with Crippen molar-refractivity contribution in [1.29, 1.82) is 0 Å². The quantitative estimate of drug-likeness (QED) is 0.782. The van der Waals surface area contributed by atoms with Gasteiger partial charge in [0.15, 0.2) is 9.90 Å². The Morgan fingerprint density at radius 2 is 2.15 bits per heavy atom. The minimum absolute atomic E-state index is 0.143. The molecule has 0 amide bonds. The zero-order chi connectivity index (χ0) is 14.8. The van der Waals surface area contributed by atoms with Gasteiger partial charge in [0.05, 0.1) is 12.6 Å². The van der Waals surface area contributed by atoms with E-state index in [9.17, 15) is 17.4 Å². The lowest BCUT2D eigenvalue weighted by Crippen LogP contribution is -2.39. The highest BCUT2D eigenvalue weighted by Crippen LogP contribution is 2.22. The molecule has 1 aliphatic rings. The molecule has 1 fully saturated rings. The van der Waals surface area contributed by atoms with Crippen molar-refractivity contribution in [1.82, 2.24) is 9.71 Å². The van der Waals surface area contributed by atoms with E-state index in [4.69, 9.17) is 0 Å². The molecule has 10 heteroatoms. The van der Waals surface area contributed by atoms with Crippen LogP contribution in [0.1, 0.15) is 23.3 Å². The predicted molar refractivity (Wildman–Crippen MR) is 74.7 cm³/mol. The molecule has 0 radical (unpaired) electrons. The molecule has 2 rings (SSSR count). The summed E-state index contributed by atoms with van der Waals surface area (Å²) in [6, 6.07) is -0.259. The minimum Gasteiger partial charge on any atom is -0.464 e. The van der Waals surface area contributed by atoms with Crippen LogP contribution in [-0.4, -0.2) is 48.2 Å². The number of nitrogens with one attached hydrogen (secondary N) is 1. The summed E-state index contributed by atoms with van der Waals surface area (Å²) < 4.78 is 42.7. The zero-order valence-electron chi connectivity index (χ0n) is 10.7. The van der Waals surface area contributed by atoms with Crippen molar-refractivity contribution in [3.8, 4) is 0 Å². The average Bonchev–Trinajstić information content (AvgIpc) is 2.90. The van der Waals surface area contributed by atoms with Crippen LogP contribution in [0.25, 0.3) is 0 Å². The van der Waals surface area contributed by atoms with Crippen molar-refractivity contribution >= 4 is 38.1 Å². The number of sulfonamides is 1.